The molecule has 0 bridgehead atoms. The molecule has 90 valence electrons. The summed E-state index contributed by atoms with van der Waals surface area (Å²) in [4.78, 5) is 14.9. The second-order valence-electron chi connectivity index (χ2n) is 3.94. The molecule has 1 aliphatic rings. The lowest BCUT2D eigenvalue weighted by atomic mass is 10.1. The van der Waals surface area contributed by atoms with Crippen molar-refractivity contribution in [3.63, 3.8) is 0 Å². The smallest absolute Gasteiger partial charge is 0.262 e. The van der Waals surface area contributed by atoms with Crippen molar-refractivity contribution in [1.82, 2.24) is 4.98 Å². The molecule has 3 rings (SSSR count). The topological polar surface area (TPSA) is 51.2 Å². The molecular weight excluding hydrogens is 235 g/mol. The molecule has 0 radical (unpaired) electrons. The van der Waals surface area contributed by atoms with Crippen LogP contribution in [0.4, 0.5) is 10.1 Å². The molecular formula is C13H9FN2O2. The minimum absolute atomic E-state index is 0.00213. The molecule has 0 saturated heterocycles. The lowest BCUT2D eigenvalue weighted by Gasteiger charge is -2.18. The molecule has 2 heterocycles. The number of pyridine rings is 1. The maximum absolute atomic E-state index is 13.1. The van der Waals surface area contributed by atoms with Crippen LogP contribution in [0.5, 0.6) is 5.75 Å². The van der Waals surface area contributed by atoms with Crippen molar-refractivity contribution in [2.75, 3.05) is 11.9 Å². The normalized spacial score (nSPS) is 13.5. The van der Waals surface area contributed by atoms with Crippen LogP contribution >= 0.6 is 0 Å². The van der Waals surface area contributed by atoms with Gasteiger partial charge in [0.2, 0.25) is 0 Å². The molecule has 0 spiro atoms. The number of ether oxygens (including phenoxy) is 1. The van der Waals surface area contributed by atoms with Gasteiger partial charge in [-0.2, -0.15) is 0 Å². The van der Waals surface area contributed by atoms with Gasteiger partial charge in [0.1, 0.15) is 11.6 Å². The monoisotopic (exact) mass is 244 g/mol. The molecule has 5 heteroatoms. The molecule has 4 nitrogen and oxygen atoms in total. The van der Waals surface area contributed by atoms with Gasteiger partial charge in [0, 0.05) is 11.8 Å². The van der Waals surface area contributed by atoms with Crippen LogP contribution in [0.1, 0.15) is 0 Å². The molecule has 1 aliphatic heterocycles. The third-order valence-corrected chi connectivity index (χ3v) is 2.65. The third kappa shape index (κ3) is 1.90. The first-order valence-electron chi connectivity index (χ1n) is 5.40. The van der Waals surface area contributed by atoms with Crippen LogP contribution in [0.15, 0.2) is 36.7 Å². The number of carbonyl (C=O) groups excluding carboxylic acids is 1. The van der Waals surface area contributed by atoms with Gasteiger partial charge in [-0.3, -0.25) is 9.78 Å². The highest BCUT2D eigenvalue weighted by molar-refractivity contribution is 5.95. The Morgan fingerprint density at radius 1 is 1.22 bits per heavy atom. The van der Waals surface area contributed by atoms with Crippen LogP contribution in [0.2, 0.25) is 0 Å². The number of benzene rings is 1. The number of nitrogens with zero attached hydrogens (tertiary/aromatic N) is 1. The van der Waals surface area contributed by atoms with Gasteiger partial charge < -0.3 is 10.1 Å². The van der Waals surface area contributed by atoms with Crippen LogP contribution < -0.4 is 10.1 Å². The third-order valence-electron chi connectivity index (χ3n) is 2.65. The summed E-state index contributed by atoms with van der Waals surface area (Å²) in [5.74, 6) is 0.0125. The summed E-state index contributed by atoms with van der Waals surface area (Å²) in [5.41, 5.74) is 2.08. The van der Waals surface area contributed by atoms with E-state index in [1.54, 1.807) is 24.4 Å². The summed E-state index contributed by atoms with van der Waals surface area (Å²) in [6, 6.07) is 6.66. The summed E-state index contributed by atoms with van der Waals surface area (Å²) in [6.45, 7) is -0.00213. The van der Waals surface area contributed by atoms with E-state index in [1.807, 2.05) is 0 Å². The zero-order chi connectivity index (χ0) is 12.5. The number of fused-ring (bicyclic) bond motifs is 1. The Kier molecular flexibility index (Phi) is 2.44. The molecule has 0 saturated carbocycles. The fourth-order valence-corrected chi connectivity index (χ4v) is 1.82. The van der Waals surface area contributed by atoms with E-state index in [2.05, 4.69) is 10.3 Å². The fourth-order valence-electron chi connectivity index (χ4n) is 1.82. The van der Waals surface area contributed by atoms with Gasteiger partial charge in [0.25, 0.3) is 5.91 Å². The average molecular weight is 244 g/mol. The molecule has 1 aromatic heterocycles. The zero-order valence-electron chi connectivity index (χ0n) is 9.31. The van der Waals surface area contributed by atoms with Crippen molar-refractivity contribution in [3.05, 3.63) is 42.5 Å². The summed E-state index contributed by atoms with van der Waals surface area (Å²) >= 11 is 0. The van der Waals surface area contributed by atoms with Crippen molar-refractivity contribution in [3.8, 4) is 16.9 Å². The number of rotatable bonds is 1. The van der Waals surface area contributed by atoms with E-state index in [-0.39, 0.29) is 18.3 Å². The maximum Gasteiger partial charge on any atom is 0.262 e. The van der Waals surface area contributed by atoms with Gasteiger partial charge in [-0.1, -0.05) is 6.07 Å². The lowest BCUT2D eigenvalue weighted by molar-refractivity contribution is -0.118. The summed E-state index contributed by atoms with van der Waals surface area (Å²) in [7, 11) is 0. The number of hydrogen-bond donors (Lipinski definition) is 1. The van der Waals surface area contributed by atoms with Gasteiger partial charge in [-0.05, 0) is 23.8 Å². The number of aromatic nitrogens is 1. The van der Waals surface area contributed by atoms with Crippen LogP contribution in [0, 0.1) is 5.82 Å². The minimum Gasteiger partial charge on any atom is -0.482 e. The van der Waals surface area contributed by atoms with Crippen LogP contribution in [0.3, 0.4) is 0 Å². The second kappa shape index (κ2) is 4.10. The largest absolute Gasteiger partial charge is 0.482 e. The Morgan fingerprint density at radius 3 is 2.94 bits per heavy atom. The molecule has 0 unspecified atom stereocenters. The summed E-state index contributed by atoms with van der Waals surface area (Å²) in [5, 5.41) is 2.70. The number of amides is 1. The van der Waals surface area contributed by atoms with Crippen molar-refractivity contribution in [1.29, 1.82) is 0 Å². The first kappa shape index (κ1) is 10.7. The molecule has 2 aromatic rings. The Morgan fingerprint density at radius 2 is 2.11 bits per heavy atom. The number of anilines is 1. The van der Waals surface area contributed by atoms with Gasteiger partial charge in [-0.15, -0.1) is 0 Å². The number of hydrogen-bond acceptors (Lipinski definition) is 3. The average Bonchev–Trinajstić information content (AvgIpc) is 2.38. The van der Waals surface area contributed by atoms with Gasteiger partial charge in [0.05, 0.1) is 11.9 Å². The predicted octanol–water partition coefficient (Wildman–Crippen LogP) is 2.22. The fraction of sp³-hybridized carbons (Fsp3) is 0.0769. The minimum atomic E-state index is -0.389. The number of nitrogens with one attached hydrogen (secondary N) is 1. The van der Waals surface area contributed by atoms with E-state index < -0.39 is 0 Å². The Bertz CT molecular complexity index is 628. The highest BCUT2D eigenvalue weighted by atomic mass is 19.1. The number of halogens is 1. The maximum atomic E-state index is 13.1. The lowest BCUT2D eigenvalue weighted by Crippen LogP contribution is -2.25. The van der Waals surface area contributed by atoms with Gasteiger partial charge in [0.15, 0.2) is 6.61 Å². The Hall–Kier alpha value is -2.43. The van der Waals surface area contributed by atoms with E-state index in [9.17, 15) is 9.18 Å². The van der Waals surface area contributed by atoms with Crippen LogP contribution in [-0.2, 0) is 4.79 Å². The van der Waals surface area contributed by atoms with E-state index in [4.69, 9.17) is 4.74 Å². The molecule has 1 aromatic carbocycles. The summed E-state index contributed by atoms with van der Waals surface area (Å²) in [6.07, 6.45) is 2.73. The molecule has 1 N–H and O–H groups in total. The SMILES string of the molecule is O=C1COc2cc(-c3cncc(F)c3)ccc2N1. The molecule has 18 heavy (non-hydrogen) atoms. The first-order chi connectivity index (χ1) is 8.72. The Balaban J connectivity index is 2.02. The second-order valence-corrected chi connectivity index (χ2v) is 3.94. The predicted molar refractivity (Wildman–Crippen MR) is 63.8 cm³/mol. The molecule has 0 atom stereocenters. The van der Waals surface area contributed by atoms with E-state index in [0.717, 1.165) is 11.8 Å². The van der Waals surface area contributed by atoms with E-state index in [1.165, 1.54) is 6.07 Å². The van der Waals surface area contributed by atoms with Gasteiger partial charge in [-0.25, -0.2) is 4.39 Å². The standard InChI is InChI=1S/C13H9FN2O2/c14-10-3-9(5-15-6-10)8-1-2-11-12(4-8)18-7-13(17)16-11/h1-6H,7H2,(H,16,17). The van der Waals surface area contributed by atoms with E-state index >= 15 is 0 Å². The van der Waals surface area contributed by atoms with Crippen LogP contribution in [0.25, 0.3) is 11.1 Å². The first-order valence-corrected chi connectivity index (χ1v) is 5.40. The summed E-state index contributed by atoms with van der Waals surface area (Å²) < 4.78 is 18.4. The van der Waals surface area contributed by atoms with Gasteiger partial charge >= 0.3 is 0 Å². The molecule has 0 fully saturated rings. The van der Waals surface area contributed by atoms with E-state index in [0.29, 0.717) is 17.0 Å². The highest BCUT2D eigenvalue weighted by Crippen LogP contribution is 2.32. The van der Waals surface area contributed by atoms with Crippen molar-refractivity contribution in [2.24, 2.45) is 0 Å². The Labute approximate surface area is 102 Å². The van der Waals surface area contributed by atoms with Crippen molar-refractivity contribution >= 4 is 11.6 Å². The molecule has 1 amide bonds. The van der Waals surface area contributed by atoms with Crippen molar-refractivity contribution < 1.29 is 13.9 Å². The zero-order valence-corrected chi connectivity index (χ0v) is 9.31. The highest BCUT2D eigenvalue weighted by Gasteiger charge is 2.16. The quantitative estimate of drug-likeness (QED) is 0.836. The number of carbonyl (C=O) groups is 1. The van der Waals surface area contributed by atoms with Crippen molar-refractivity contribution in [2.45, 2.75) is 0 Å². The molecule has 0 aliphatic carbocycles. The van der Waals surface area contributed by atoms with Crippen LogP contribution in [-0.4, -0.2) is 17.5 Å².